The number of carbonyl (C=O) groups is 1. The first kappa shape index (κ1) is 19.9. The van der Waals surface area contributed by atoms with Gasteiger partial charge in [-0.15, -0.1) is 0 Å². The van der Waals surface area contributed by atoms with Gasteiger partial charge in [-0.3, -0.25) is 9.48 Å². The van der Waals surface area contributed by atoms with E-state index in [0.717, 1.165) is 23.4 Å². The SMILES string of the molecule is CCn1ncc(CN(C)C(=O)c2ccn(COc3cc(C)ccc3Cl)n2)c1C. The molecule has 0 radical (unpaired) electrons. The lowest BCUT2D eigenvalue weighted by Crippen LogP contribution is -2.27. The Labute approximate surface area is 169 Å². The van der Waals surface area contributed by atoms with E-state index in [4.69, 9.17) is 16.3 Å². The second-order valence-electron chi connectivity index (χ2n) is 6.68. The maximum absolute atomic E-state index is 12.7. The first-order valence-electron chi connectivity index (χ1n) is 9.08. The molecular formula is C20H24ClN5O2. The van der Waals surface area contributed by atoms with Gasteiger partial charge in [0, 0.05) is 37.6 Å². The number of aryl methyl sites for hydroxylation is 2. The largest absolute Gasteiger partial charge is 0.470 e. The predicted octanol–water partition coefficient (Wildman–Crippen LogP) is 3.68. The summed E-state index contributed by atoms with van der Waals surface area (Å²) in [4.78, 5) is 14.3. The summed E-state index contributed by atoms with van der Waals surface area (Å²) in [6.07, 6.45) is 3.52. The summed E-state index contributed by atoms with van der Waals surface area (Å²) in [5.41, 5.74) is 3.51. The Morgan fingerprint density at radius 2 is 2.07 bits per heavy atom. The Balaban J connectivity index is 1.63. The lowest BCUT2D eigenvalue weighted by atomic mass is 10.2. The summed E-state index contributed by atoms with van der Waals surface area (Å²) < 4.78 is 9.20. The molecule has 0 aliphatic rings. The van der Waals surface area contributed by atoms with Crippen molar-refractivity contribution in [1.29, 1.82) is 0 Å². The van der Waals surface area contributed by atoms with E-state index in [1.54, 1.807) is 41.2 Å². The monoisotopic (exact) mass is 401 g/mol. The van der Waals surface area contributed by atoms with Gasteiger partial charge in [0.2, 0.25) is 0 Å². The number of rotatable bonds is 7. The van der Waals surface area contributed by atoms with Crippen molar-refractivity contribution < 1.29 is 9.53 Å². The molecule has 0 aliphatic heterocycles. The molecule has 1 aromatic carbocycles. The van der Waals surface area contributed by atoms with Crippen LogP contribution >= 0.6 is 11.6 Å². The van der Waals surface area contributed by atoms with Crippen molar-refractivity contribution in [2.75, 3.05) is 7.05 Å². The average Bonchev–Trinajstić information content (AvgIpc) is 3.29. The fourth-order valence-electron chi connectivity index (χ4n) is 2.89. The number of nitrogens with zero attached hydrogens (tertiary/aromatic N) is 5. The van der Waals surface area contributed by atoms with E-state index in [1.807, 2.05) is 37.6 Å². The van der Waals surface area contributed by atoms with Gasteiger partial charge in [-0.1, -0.05) is 17.7 Å². The van der Waals surface area contributed by atoms with Crippen molar-refractivity contribution in [1.82, 2.24) is 24.5 Å². The summed E-state index contributed by atoms with van der Waals surface area (Å²) in [6, 6.07) is 7.26. The van der Waals surface area contributed by atoms with Crippen LogP contribution in [0.25, 0.3) is 0 Å². The normalized spacial score (nSPS) is 10.9. The van der Waals surface area contributed by atoms with E-state index in [-0.39, 0.29) is 12.6 Å². The quantitative estimate of drug-likeness (QED) is 0.605. The van der Waals surface area contributed by atoms with E-state index >= 15 is 0 Å². The zero-order valence-corrected chi connectivity index (χ0v) is 17.3. The number of aromatic nitrogens is 4. The van der Waals surface area contributed by atoms with Gasteiger partial charge in [0.15, 0.2) is 12.4 Å². The van der Waals surface area contributed by atoms with Gasteiger partial charge in [0.05, 0.1) is 11.2 Å². The maximum Gasteiger partial charge on any atom is 0.274 e. The van der Waals surface area contributed by atoms with E-state index in [2.05, 4.69) is 10.2 Å². The van der Waals surface area contributed by atoms with Gasteiger partial charge in [0.25, 0.3) is 5.91 Å². The van der Waals surface area contributed by atoms with Crippen LogP contribution < -0.4 is 4.74 Å². The van der Waals surface area contributed by atoms with Crippen LogP contribution in [0, 0.1) is 13.8 Å². The minimum Gasteiger partial charge on any atom is -0.470 e. The Morgan fingerprint density at radius 1 is 1.29 bits per heavy atom. The lowest BCUT2D eigenvalue weighted by Gasteiger charge is -2.15. The number of hydrogen-bond acceptors (Lipinski definition) is 4. The minimum absolute atomic E-state index is 0.156. The molecular weight excluding hydrogens is 378 g/mol. The van der Waals surface area contributed by atoms with Gasteiger partial charge >= 0.3 is 0 Å². The first-order valence-corrected chi connectivity index (χ1v) is 9.46. The van der Waals surface area contributed by atoms with Crippen LogP contribution in [-0.2, 0) is 19.8 Å². The van der Waals surface area contributed by atoms with Gasteiger partial charge < -0.3 is 9.64 Å². The van der Waals surface area contributed by atoms with Gasteiger partial charge in [-0.2, -0.15) is 10.2 Å². The smallest absolute Gasteiger partial charge is 0.274 e. The molecule has 2 aromatic heterocycles. The van der Waals surface area contributed by atoms with Crippen molar-refractivity contribution >= 4 is 17.5 Å². The molecule has 8 heteroatoms. The maximum atomic E-state index is 12.7. The Hall–Kier alpha value is -2.80. The molecule has 0 aliphatic carbocycles. The van der Waals surface area contributed by atoms with Crippen LogP contribution in [0.2, 0.25) is 5.02 Å². The minimum atomic E-state index is -0.156. The predicted molar refractivity (Wildman–Crippen MR) is 107 cm³/mol. The van der Waals surface area contributed by atoms with E-state index < -0.39 is 0 Å². The highest BCUT2D eigenvalue weighted by Crippen LogP contribution is 2.25. The molecule has 0 spiro atoms. The van der Waals surface area contributed by atoms with E-state index in [9.17, 15) is 4.79 Å². The highest BCUT2D eigenvalue weighted by molar-refractivity contribution is 6.32. The molecule has 0 saturated carbocycles. The number of amides is 1. The van der Waals surface area contributed by atoms with Gasteiger partial charge in [-0.05, 0) is 44.5 Å². The molecule has 0 atom stereocenters. The van der Waals surface area contributed by atoms with Crippen molar-refractivity contribution in [2.24, 2.45) is 0 Å². The van der Waals surface area contributed by atoms with Crippen molar-refractivity contribution in [3.05, 3.63) is 64.2 Å². The molecule has 0 unspecified atom stereocenters. The average molecular weight is 402 g/mol. The lowest BCUT2D eigenvalue weighted by molar-refractivity contribution is 0.0777. The third kappa shape index (κ3) is 4.36. The third-order valence-electron chi connectivity index (χ3n) is 4.56. The van der Waals surface area contributed by atoms with Crippen molar-refractivity contribution in [3.8, 4) is 5.75 Å². The molecule has 3 rings (SSSR count). The molecule has 28 heavy (non-hydrogen) atoms. The summed E-state index contributed by atoms with van der Waals surface area (Å²) >= 11 is 6.14. The van der Waals surface area contributed by atoms with E-state index in [1.165, 1.54) is 0 Å². The molecule has 7 nitrogen and oxygen atoms in total. The number of hydrogen-bond donors (Lipinski definition) is 0. The number of benzene rings is 1. The standard InChI is InChI=1S/C20H24ClN5O2/c1-5-26-15(3)16(11-22-26)12-24(4)20(27)18-8-9-25(23-18)13-28-19-10-14(2)6-7-17(19)21/h6-11H,5,12-13H2,1-4H3. The van der Waals surface area contributed by atoms with Crippen LogP contribution in [0.15, 0.2) is 36.7 Å². The second-order valence-corrected chi connectivity index (χ2v) is 7.09. The van der Waals surface area contributed by atoms with Crippen LogP contribution in [0.5, 0.6) is 5.75 Å². The summed E-state index contributed by atoms with van der Waals surface area (Å²) in [5.74, 6) is 0.432. The summed E-state index contributed by atoms with van der Waals surface area (Å²) in [7, 11) is 1.76. The van der Waals surface area contributed by atoms with Crippen LogP contribution in [0.1, 0.15) is 34.2 Å². The Kier molecular flexibility index (Phi) is 6.04. The molecule has 0 bridgehead atoms. The van der Waals surface area contributed by atoms with E-state index in [0.29, 0.717) is 23.0 Å². The summed E-state index contributed by atoms with van der Waals surface area (Å²) in [6.45, 7) is 7.47. The fraction of sp³-hybridized carbons (Fsp3) is 0.350. The third-order valence-corrected chi connectivity index (χ3v) is 4.87. The molecule has 1 amide bonds. The van der Waals surface area contributed by atoms with Crippen LogP contribution in [0.4, 0.5) is 0 Å². The molecule has 0 fully saturated rings. The van der Waals surface area contributed by atoms with Crippen molar-refractivity contribution in [2.45, 2.75) is 40.6 Å². The highest BCUT2D eigenvalue weighted by atomic mass is 35.5. The Morgan fingerprint density at radius 3 is 2.79 bits per heavy atom. The number of ether oxygens (including phenoxy) is 1. The number of carbonyl (C=O) groups excluding carboxylic acids is 1. The molecule has 0 N–H and O–H groups in total. The topological polar surface area (TPSA) is 65.2 Å². The highest BCUT2D eigenvalue weighted by Gasteiger charge is 2.17. The van der Waals surface area contributed by atoms with Gasteiger partial charge in [-0.25, -0.2) is 4.68 Å². The molecule has 0 saturated heterocycles. The zero-order valence-electron chi connectivity index (χ0n) is 16.5. The zero-order chi connectivity index (χ0) is 20.3. The second kappa shape index (κ2) is 8.48. The first-order chi connectivity index (χ1) is 13.4. The molecule has 3 aromatic rings. The van der Waals surface area contributed by atoms with Crippen LogP contribution in [0.3, 0.4) is 0 Å². The fourth-order valence-corrected chi connectivity index (χ4v) is 3.06. The summed E-state index contributed by atoms with van der Waals surface area (Å²) in [5, 5.41) is 9.18. The Bertz CT molecular complexity index is 979. The molecule has 2 heterocycles. The van der Waals surface area contributed by atoms with Gasteiger partial charge in [0.1, 0.15) is 5.75 Å². The number of halogens is 1. The molecule has 148 valence electrons. The van der Waals surface area contributed by atoms with Crippen LogP contribution in [-0.4, -0.2) is 37.4 Å². The van der Waals surface area contributed by atoms with Crippen molar-refractivity contribution in [3.63, 3.8) is 0 Å².